The molecule has 2 rings (SSSR count). The highest BCUT2D eigenvalue weighted by atomic mass is 127. The number of carbonyl (C=O) groups excluding carboxylic acids is 1. The van der Waals surface area contributed by atoms with Crippen LogP contribution >= 0.6 is 56.9 Å². The number of hydrogen-bond donors (Lipinski definition) is 0. The van der Waals surface area contributed by atoms with E-state index in [1.54, 1.807) is 0 Å². The van der Waals surface area contributed by atoms with Crippen LogP contribution in [-0.4, -0.2) is 18.8 Å². The Morgan fingerprint density at radius 3 is 2.47 bits per heavy atom. The third-order valence-corrected chi connectivity index (χ3v) is 8.01. The van der Waals surface area contributed by atoms with Gasteiger partial charge in [-0.3, -0.25) is 0 Å². The maximum absolute atomic E-state index is 11.3. The van der Waals surface area contributed by atoms with Gasteiger partial charge in [-0.15, -0.1) is 11.8 Å². The summed E-state index contributed by atoms with van der Waals surface area (Å²) in [6.45, 7) is 0. The molecule has 0 amide bonds. The second kappa shape index (κ2) is 5.92. The van der Waals surface area contributed by atoms with E-state index in [2.05, 4.69) is 49.9 Å². The Morgan fingerprint density at radius 2 is 2.00 bits per heavy atom. The van der Waals surface area contributed by atoms with E-state index in [0.717, 1.165) is 5.75 Å². The summed E-state index contributed by atoms with van der Waals surface area (Å²) in [6, 6.07) is 7.68. The topological polar surface area (TPSA) is 26.3 Å². The predicted octanol–water partition coefficient (Wildman–Crippen LogP) is 4.34. The quantitative estimate of drug-likeness (QED) is 0.474. The minimum absolute atomic E-state index is 0.282. The molecule has 0 saturated carbocycles. The maximum Gasteiger partial charge on any atom is 0.337 e. The summed E-state index contributed by atoms with van der Waals surface area (Å²) in [5.41, 5.74) is 1.85. The van der Waals surface area contributed by atoms with Gasteiger partial charge < -0.3 is 4.74 Å². The lowest BCUT2D eigenvalue weighted by Gasteiger charge is -2.10. The Bertz CT molecular complexity index is 468. The van der Waals surface area contributed by atoms with E-state index in [1.165, 1.54) is 19.8 Å². The van der Waals surface area contributed by atoms with Crippen LogP contribution in [0.15, 0.2) is 31.4 Å². The molecular weight excluding hydrogens is 462 g/mol. The van der Waals surface area contributed by atoms with Crippen LogP contribution in [0.25, 0.3) is 0 Å². The summed E-state index contributed by atoms with van der Waals surface area (Å²) in [5.74, 6) is 0.804. The number of thioether (sulfide) groups is 1. The first-order valence-electron chi connectivity index (χ1n) is 4.97. The number of ether oxygens (including phenoxy) is 1. The molecule has 0 aromatic heterocycles. The number of benzene rings is 1. The van der Waals surface area contributed by atoms with Crippen LogP contribution in [0.4, 0.5) is 0 Å². The van der Waals surface area contributed by atoms with E-state index in [1.807, 2.05) is 36.0 Å². The Labute approximate surface area is 132 Å². The van der Waals surface area contributed by atoms with E-state index in [0.29, 0.717) is 10.8 Å². The van der Waals surface area contributed by atoms with Gasteiger partial charge in [0.25, 0.3) is 0 Å². The van der Waals surface area contributed by atoms with Gasteiger partial charge in [-0.2, -0.15) is 0 Å². The fourth-order valence-corrected chi connectivity index (χ4v) is 5.11. The van der Waals surface area contributed by atoms with E-state index < -0.39 is 0 Å². The zero-order chi connectivity index (χ0) is 12.4. The van der Waals surface area contributed by atoms with Gasteiger partial charge in [0.1, 0.15) is 0 Å². The largest absolute Gasteiger partial charge is 0.465 e. The Morgan fingerprint density at radius 1 is 1.35 bits per heavy atom. The highest BCUT2D eigenvalue weighted by Crippen LogP contribution is 2.49. The van der Waals surface area contributed by atoms with Gasteiger partial charge >= 0.3 is 5.97 Å². The highest BCUT2D eigenvalue weighted by Gasteiger charge is 2.24. The van der Waals surface area contributed by atoms with E-state index in [-0.39, 0.29) is 5.97 Å². The molecule has 1 aromatic carbocycles. The summed E-state index contributed by atoms with van der Waals surface area (Å²) in [5, 5.41) is 0.425. The van der Waals surface area contributed by atoms with E-state index >= 15 is 0 Å². The fourth-order valence-electron chi connectivity index (χ4n) is 1.60. The molecule has 90 valence electrons. The number of rotatable bonds is 2. The third kappa shape index (κ3) is 2.98. The fraction of sp³-hybridized carbons (Fsp3) is 0.250. The molecule has 0 spiro atoms. The molecule has 1 unspecified atom stereocenters. The number of halogens is 2. The average Bonchev–Trinajstić information content (AvgIpc) is 2.69. The molecule has 1 aromatic rings. The van der Waals surface area contributed by atoms with Crippen molar-refractivity contribution in [2.45, 2.75) is 5.25 Å². The zero-order valence-corrected chi connectivity index (χ0v) is 14.2. The smallest absolute Gasteiger partial charge is 0.337 e. The Hall–Kier alpha value is 0.240. The molecule has 0 N–H and O–H groups in total. The van der Waals surface area contributed by atoms with Crippen LogP contribution in [0.1, 0.15) is 21.2 Å². The van der Waals surface area contributed by atoms with Crippen LogP contribution in [-0.2, 0) is 4.74 Å². The molecule has 1 aliphatic rings. The third-order valence-electron chi connectivity index (χ3n) is 2.50. The molecule has 17 heavy (non-hydrogen) atoms. The second-order valence-corrected chi connectivity index (χ2v) is 7.12. The van der Waals surface area contributed by atoms with Crippen molar-refractivity contribution in [1.29, 1.82) is 0 Å². The first kappa shape index (κ1) is 13.7. The van der Waals surface area contributed by atoms with Crippen LogP contribution in [0.5, 0.6) is 0 Å². The number of methoxy groups -OCH3 is 1. The molecule has 0 saturated heterocycles. The lowest BCUT2D eigenvalue weighted by Crippen LogP contribution is -2.01. The van der Waals surface area contributed by atoms with Gasteiger partial charge in [-0.1, -0.05) is 12.1 Å². The van der Waals surface area contributed by atoms with Crippen molar-refractivity contribution in [3.8, 4) is 0 Å². The van der Waals surface area contributed by atoms with Crippen LogP contribution in [0.3, 0.4) is 0 Å². The highest BCUT2D eigenvalue weighted by molar-refractivity contribution is 14.1. The zero-order valence-electron chi connectivity index (χ0n) is 9.07. The molecule has 1 aliphatic heterocycles. The molecule has 0 radical (unpaired) electrons. The van der Waals surface area contributed by atoms with Crippen molar-refractivity contribution in [1.82, 2.24) is 0 Å². The van der Waals surface area contributed by atoms with Crippen molar-refractivity contribution in [2.75, 3.05) is 12.9 Å². The molecule has 2 nitrogen and oxygen atoms in total. The van der Waals surface area contributed by atoms with Gasteiger partial charge in [-0.05, 0) is 62.9 Å². The first-order chi connectivity index (χ1) is 8.13. The number of esters is 1. The summed E-state index contributed by atoms with van der Waals surface area (Å²) in [7, 11) is 1.40. The lowest BCUT2D eigenvalue weighted by molar-refractivity contribution is 0.0600. The van der Waals surface area contributed by atoms with Crippen LogP contribution in [0, 0.1) is 0 Å². The molecule has 0 aliphatic carbocycles. The summed E-state index contributed by atoms with van der Waals surface area (Å²) < 4.78 is 7.51. The van der Waals surface area contributed by atoms with Crippen molar-refractivity contribution < 1.29 is 9.53 Å². The lowest BCUT2D eigenvalue weighted by atomic mass is 10.1. The SMILES string of the molecule is COC(=O)c1ccc(C2SCC(I)=C2I)cc1. The predicted molar refractivity (Wildman–Crippen MR) is 88.0 cm³/mol. The monoisotopic (exact) mass is 472 g/mol. The van der Waals surface area contributed by atoms with Gasteiger partial charge in [-0.25, -0.2) is 4.79 Å². The maximum atomic E-state index is 11.3. The van der Waals surface area contributed by atoms with Gasteiger partial charge in [0, 0.05) is 12.9 Å². The van der Waals surface area contributed by atoms with Gasteiger partial charge in [0.05, 0.1) is 17.9 Å². The average molecular weight is 472 g/mol. The molecule has 5 heteroatoms. The van der Waals surface area contributed by atoms with Crippen LogP contribution < -0.4 is 0 Å². The molecule has 0 bridgehead atoms. The van der Waals surface area contributed by atoms with Crippen molar-refractivity contribution in [2.24, 2.45) is 0 Å². The van der Waals surface area contributed by atoms with Crippen molar-refractivity contribution in [3.05, 3.63) is 42.6 Å². The molecule has 1 atom stereocenters. The van der Waals surface area contributed by atoms with Crippen LogP contribution in [0.2, 0.25) is 0 Å². The van der Waals surface area contributed by atoms with Crippen molar-refractivity contribution >= 4 is 62.9 Å². The summed E-state index contributed by atoms with van der Waals surface area (Å²) >= 11 is 6.74. The first-order valence-corrected chi connectivity index (χ1v) is 8.18. The standard InChI is InChI=1S/C12H10I2O2S/c1-16-12(15)8-4-2-7(3-5-8)11-10(14)9(13)6-17-11/h2-5,11H,6H2,1H3. The second-order valence-electron chi connectivity index (χ2n) is 3.56. The van der Waals surface area contributed by atoms with E-state index in [4.69, 9.17) is 0 Å². The number of hydrogen-bond acceptors (Lipinski definition) is 3. The Kier molecular flexibility index (Phi) is 4.76. The molecule has 0 fully saturated rings. The van der Waals surface area contributed by atoms with Gasteiger partial charge in [0.15, 0.2) is 0 Å². The summed E-state index contributed by atoms with van der Waals surface area (Å²) in [4.78, 5) is 11.3. The Balaban J connectivity index is 2.22. The van der Waals surface area contributed by atoms with E-state index in [9.17, 15) is 4.79 Å². The number of carbonyl (C=O) groups is 1. The minimum atomic E-state index is -0.282. The summed E-state index contributed by atoms with van der Waals surface area (Å²) in [6.07, 6.45) is 0. The van der Waals surface area contributed by atoms with Gasteiger partial charge in [0.2, 0.25) is 0 Å². The minimum Gasteiger partial charge on any atom is -0.465 e. The molecule has 1 heterocycles. The molecular formula is C12H10I2O2S. The normalized spacial score (nSPS) is 19.6. The van der Waals surface area contributed by atoms with Crippen molar-refractivity contribution in [3.63, 3.8) is 0 Å².